The lowest BCUT2D eigenvalue weighted by Gasteiger charge is -2.36. The van der Waals surface area contributed by atoms with E-state index >= 15 is 0 Å². The van der Waals surface area contributed by atoms with Crippen LogP contribution < -0.4 is 11.1 Å². The molecule has 1 atom stereocenters. The van der Waals surface area contributed by atoms with Crippen LogP contribution >= 0.6 is 12.4 Å². The first kappa shape index (κ1) is 21.5. The fraction of sp³-hybridized carbons (Fsp3) is 0.579. The molecule has 0 aromatic heterocycles. The van der Waals surface area contributed by atoms with Gasteiger partial charge in [-0.25, -0.2) is 0 Å². The molecule has 1 aromatic rings. The number of rotatable bonds is 6. The van der Waals surface area contributed by atoms with E-state index in [1.807, 2.05) is 44.2 Å². The Morgan fingerprint density at radius 1 is 1.24 bits per heavy atom. The molecule has 6 heteroatoms. The number of hydrogen-bond donors (Lipinski definition) is 2. The van der Waals surface area contributed by atoms with Crippen LogP contribution in [0.3, 0.4) is 0 Å². The zero-order valence-electron chi connectivity index (χ0n) is 15.2. The summed E-state index contributed by atoms with van der Waals surface area (Å²) in [5.74, 6) is -0.130. The minimum absolute atomic E-state index is 0. The molecule has 1 aliphatic rings. The van der Waals surface area contributed by atoms with Gasteiger partial charge in [0.1, 0.15) is 0 Å². The summed E-state index contributed by atoms with van der Waals surface area (Å²) in [6.45, 7) is 5.71. The summed E-state index contributed by atoms with van der Waals surface area (Å²) in [6.07, 6.45) is 3.29. The molecule has 1 aliphatic heterocycles. The van der Waals surface area contributed by atoms with Crippen molar-refractivity contribution in [3.05, 3.63) is 35.9 Å². The van der Waals surface area contributed by atoms with E-state index in [1.54, 1.807) is 4.90 Å². The van der Waals surface area contributed by atoms with Crippen LogP contribution in [0.25, 0.3) is 0 Å². The molecule has 0 radical (unpaired) electrons. The molecule has 5 nitrogen and oxygen atoms in total. The standard InChI is InChI=1S/C19H29N3O2.ClH/c1-3-19(4-2,14-20)21-17(23)16-11-8-12-22(13-16)18(24)15-9-6-5-7-10-15;/h5-7,9-10,16H,3-4,8,11-14,20H2,1-2H3,(H,21,23);1H. The van der Waals surface area contributed by atoms with Crippen LogP contribution in [0.5, 0.6) is 0 Å². The van der Waals surface area contributed by atoms with E-state index in [4.69, 9.17) is 5.73 Å². The third-order valence-electron chi connectivity index (χ3n) is 5.23. The van der Waals surface area contributed by atoms with Crippen molar-refractivity contribution in [3.8, 4) is 0 Å². The Hall–Kier alpha value is -1.59. The SMILES string of the molecule is CCC(CC)(CN)NC(=O)C1CCCN(C(=O)c2ccccc2)C1.Cl. The van der Waals surface area contributed by atoms with Crippen molar-refractivity contribution in [2.24, 2.45) is 11.7 Å². The Morgan fingerprint density at radius 3 is 2.44 bits per heavy atom. The molecule has 0 spiro atoms. The van der Waals surface area contributed by atoms with Crippen molar-refractivity contribution >= 4 is 24.2 Å². The molecule has 2 rings (SSSR count). The molecule has 0 bridgehead atoms. The summed E-state index contributed by atoms with van der Waals surface area (Å²) in [5.41, 5.74) is 6.23. The van der Waals surface area contributed by atoms with Gasteiger partial charge in [-0.15, -0.1) is 12.4 Å². The first-order chi connectivity index (χ1) is 11.5. The zero-order chi connectivity index (χ0) is 17.6. The Labute approximate surface area is 156 Å². The average molecular weight is 368 g/mol. The van der Waals surface area contributed by atoms with Gasteiger partial charge in [-0.05, 0) is 37.8 Å². The van der Waals surface area contributed by atoms with E-state index in [1.165, 1.54) is 0 Å². The van der Waals surface area contributed by atoms with Crippen molar-refractivity contribution in [2.75, 3.05) is 19.6 Å². The highest BCUT2D eigenvalue weighted by molar-refractivity contribution is 5.94. The van der Waals surface area contributed by atoms with Crippen molar-refractivity contribution in [3.63, 3.8) is 0 Å². The van der Waals surface area contributed by atoms with Crippen molar-refractivity contribution in [1.82, 2.24) is 10.2 Å². The number of carbonyl (C=O) groups is 2. The topological polar surface area (TPSA) is 75.4 Å². The van der Waals surface area contributed by atoms with Crippen LogP contribution in [0, 0.1) is 5.92 Å². The number of nitrogens with zero attached hydrogens (tertiary/aromatic N) is 1. The Kier molecular flexibility index (Phi) is 8.39. The number of amides is 2. The van der Waals surface area contributed by atoms with Crippen molar-refractivity contribution in [1.29, 1.82) is 0 Å². The lowest BCUT2D eigenvalue weighted by Crippen LogP contribution is -2.56. The molecule has 1 saturated heterocycles. The predicted octanol–water partition coefficient (Wildman–Crippen LogP) is 2.59. The third-order valence-corrected chi connectivity index (χ3v) is 5.23. The first-order valence-electron chi connectivity index (χ1n) is 8.91. The fourth-order valence-electron chi connectivity index (χ4n) is 3.27. The van der Waals surface area contributed by atoms with E-state index in [-0.39, 0.29) is 35.7 Å². The smallest absolute Gasteiger partial charge is 0.253 e. The van der Waals surface area contributed by atoms with Gasteiger partial charge >= 0.3 is 0 Å². The zero-order valence-corrected chi connectivity index (χ0v) is 16.0. The number of hydrogen-bond acceptors (Lipinski definition) is 3. The highest BCUT2D eigenvalue weighted by atomic mass is 35.5. The number of nitrogens with one attached hydrogen (secondary N) is 1. The summed E-state index contributed by atoms with van der Waals surface area (Å²) in [7, 11) is 0. The van der Waals surface area contributed by atoms with Crippen molar-refractivity contribution in [2.45, 2.75) is 45.1 Å². The van der Waals surface area contributed by atoms with Crippen LogP contribution in [0.2, 0.25) is 0 Å². The molecule has 25 heavy (non-hydrogen) atoms. The van der Waals surface area contributed by atoms with Gasteiger partial charge in [0.15, 0.2) is 0 Å². The summed E-state index contributed by atoms with van der Waals surface area (Å²) >= 11 is 0. The second-order valence-electron chi connectivity index (χ2n) is 6.64. The molecule has 0 aliphatic carbocycles. The van der Waals surface area contributed by atoms with Crippen LogP contribution in [-0.4, -0.2) is 41.9 Å². The second kappa shape index (κ2) is 9.78. The Bertz CT molecular complexity index is 553. The van der Waals surface area contributed by atoms with E-state index in [2.05, 4.69) is 5.32 Å². The van der Waals surface area contributed by atoms with Crippen LogP contribution in [0.15, 0.2) is 30.3 Å². The summed E-state index contributed by atoms with van der Waals surface area (Å²) in [6, 6.07) is 9.25. The van der Waals surface area contributed by atoms with Gasteiger partial charge in [0.05, 0.1) is 11.5 Å². The quantitative estimate of drug-likeness (QED) is 0.811. The molecule has 1 unspecified atom stereocenters. The van der Waals surface area contributed by atoms with Gasteiger partial charge in [0, 0.05) is 25.2 Å². The van der Waals surface area contributed by atoms with Gasteiger partial charge < -0.3 is 16.0 Å². The highest BCUT2D eigenvalue weighted by Crippen LogP contribution is 2.21. The maximum atomic E-state index is 12.7. The van der Waals surface area contributed by atoms with Crippen LogP contribution in [0.4, 0.5) is 0 Å². The molecule has 2 amide bonds. The summed E-state index contributed by atoms with van der Waals surface area (Å²) < 4.78 is 0. The largest absolute Gasteiger partial charge is 0.349 e. The van der Waals surface area contributed by atoms with Gasteiger partial charge in [-0.2, -0.15) is 0 Å². The molecule has 1 heterocycles. The predicted molar refractivity (Wildman–Crippen MR) is 103 cm³/mol. The minimum atomic E-state index is -0.331. The van der Waals surface area contributed by atoms with E-state index < -0.39 is 0 Å². The van der Waals surface area contributed by atoms with Gasteiger partial charge in [-0.3, -0.25) is 9.59 Å². The second-order valence-corrected chi connectivity index (χ2v) is 6.64. The summed E-state index contributed by atoms with van der Waals surface area (Å²) in [4.78, 5) is 27.1. The van der Waals surface area contributed by atoms with Crippen LogP contribution in [-0.2, 0) is 4.79 Å². The van der Waals surface area contributed by atoms with Gasteiger partial charge in [0.25, 0.3) is 5.91 Å². The fourth-order valence-corrected chi connectivity index (χ4v) is 3.27. The van der Waals surface area contributed by atoms with E-state index in [9.17, 15) is 9.59 Å². The lowest BCUT2D eigenvalue weighted by atomic mass is 9.90. The maximum absolute atomic E-state index is 12.7. The van der Waals surface area contributed by atoms with Crippen LogP contribution in [0.1, 0.15) is 49.9 Å². The van der Waals surface area contributed by atoms with E-state index in [0.717, 1.165) is 25.7 Å². The molecule has 3 N–H and O–H groups in total. The minimum Gasteiger partial charge on any atom is -0.349 e. The average Bonchev–Trinajstić information content (AvgIpc) is 2.66. The molecule has 140 valence electrons. The Morgan fingerprint density at radius 2 is 1.88 bits per heavy atom. The molecule has 1 fully saturated rings. The Balaban J connectivity index is 0.00000312. The maximum Gasteiger partial charge on any atom is 0.253 e. The number of carbonyl (C=O) groups excluding carboxylic acids is 2. The molecule has 0 saturated carbocycles. The monoisotopic (exact) mass is 367 g/mol. The summed E-state index contributed by atoms with van der Waals surface area (Å²) in [5, 5.41) is 3.15. The molecular formula is C19H30ClN3O2. The normalized spacial score (nSPS) is 17.6. The van der Waals surface area contributed by atoms with Gasteiger partial charge in [-0.1, -0.05) is 32.0 Å². The van der Waals surface area contributed by atoms with Gasteiger partial charge in [0.2, 0.25) is 5.91 Å². The number of benzene rings is 1. The number of nitrogens with two attached hydrogens (primary N) is 1. The highest BCUT2D eigenvalue weighted by Gasteiger charge is 2.33. The third kappa shape index (κ3) is 5.19. The molecule has 1 aromatic carbocycles. The first-order valence-corrected chi connectivity index (χ1v) is 8.91. The number of likely N-dealkylation sites (tertiary alicyclic amines) is 1. The molecular weight excluding hydrogens is 338 g/mol. The lowest BCUT2D eigenvalue weighted by molar-refractivity contribution is -0.128. The van der Waals surface area contributed by atoms with E-state index in [0.29, 0.717) is 25.2 Å². The number of halogens is 1. The van der Waals surface area contributed by atoms with Crippen molar-refractivity contribution < 1.29 is 9.59 Å². The number of piperidine rings is 1.